The summed E-state index contributed by atoms with van der Waals surface area (Å²) in [5.41, 5.74) is 4.84. The Balaban J connectivity index is 2.00. The van der Waals surface area contributed by atoms with Gasteiger partial charge in [-0.25, -0.2) is 0 Å². The van der Waals surface area contributed by atoms with Crippen LogP contribution >= 0.6 is 0 Å². The molecule has 2 unspecified atom stereocenters. The fraction of sp³-hybridized carbons (Fsp3) is 0.304. The van der Waals surface area contributed by atoms with Gasteiger partial charge in [-0.15, -0.1) is 0 Å². The topological polar surface area (TPSA) is 61.7 Å². The zero-order chi connectivity index (χ0) is 19.3. The van der Waals surface area contributed by atoms with Gasteiger partial charge in [0.25, 0.3) is 0 Å². The van der Waals surface area contributed by atoms with Crippen LogP contribution in [0.3, 0.4) is 0 Å². The van der Waals surface area contributed by atoms with E-state index in [1.165, 1.54) is 5.56 Å². The number of hydrogen-bond donors (Lipinski definition) is 3. The van der Waals surface area contributed by atoms with Crippen molar-refractivity contribution < 1.29 is 14.9 Å². The summed E-state index contributed by atoms with van der Waals surface area (Å²) in [6, 6.07) is 12.0. The molecule has 27 heavy (non-hydrogen) atoms. The average Bonchev–Trinajstić information content (AvgIpc) is 2.61. The van der Waals surface area contributed by atoms with Crippen LogP contribution in [0.2, 0.25) is 0 Å². The summed E-state index contributed by atoms with van der Waals surface area (Å²) in [4.78, 5) is 0. The highest BCUT2D eigenvalue weighted by molar-refractivity contribution is 6.04. The molecule has 0 saturated carbocycles. The molecule has 3 aromatic carbocycles. The molecule has 2 atom stereocenters. The van der Waals surface area contributed by atoms with Gasteiger partial charge in [0.2, 0.25) is 0 Å². The first kappa shape index (κ1) is 17.7. The molecule has 0 spiro atoms. The smallest absolute Gasteiger partial charge is 0.130 e. The van der Waals surface area contributed by atoms with Crippen molar-refractivity contribution in [2.45, 2.75) is 39.3 Å². The summed E-state index contributed by atoms with van der Waals surface area (Å²) >= 11 is 0. The average molecular weight is 363 g/mol. The molecule has 0 radical (unpaired) electrons. The van der Waals surface area contributed by atoms with E-state index in [1.807, 2.05) is 31.2 Å². The first-order valence-corrected chi connectivity index (χ1v) is 9.32. The minimum absolute atomic E-state index is 0.0864. The van der Waals surface area contributed by atoms with Crippen LogP contribution in [0.15, 0.2) is 36.4 Å². The van der Waals surface area contributed by atoms with E-state index in [4.69, 9.17) is 4.74 Å². The van der Waals surface area contributed by atoms with Gasteiger partial charge in [0.1, 0.15) is 17.2 Å². The second-order valence-corrected chi connectivity index (χ2v) is 7.55. The lowest BCUT2D eigenvalue weighted by atomic mass is 9.86. The van der Waals surface area contributed by atoms with Gasteiger partial charge in [0.05, 0.1) is 12.5 Å². The summed E-state index contributed by atoms with van der Waals surface area (Å²) in [6.07, 6.45) is 0.900. The van der Waals surface area contributed by atoms with Gasteiger partial charge >= 0.3 is 0 Å². The molecule has 0 bridgehead atoms. The van der Waals surface area contributed by atoms with Gasteiger partial charge in [-0.2, -0.15) is 0 Å². The number of phenols is 2. The molecule has 4 nitrogen and oxygen atoms in total. The summed E-state index contributed by atoms with van der Waals surface area (Å²) in [7, 11) is 1.60. The van der Waals surface area contributed by atoms with E-state index in [-0.39, 0.29) is 11.8 Å². The van der Waals surface area contributed by atoms with Gasteiger partial charge in [0, 0.05) is 23.2 Å². The fourth-order valence-corrected chi connectivity index (χ4v) is 4.39. The predicted octanol–water partition coefficient (Wildman–Crippen LogP) is 4.83. The Kier molecular flexibility index (Phi) is 4.23. The van der Waals surface area contributed by atoms with Crippen LogP contribution in [0, 0.1) is 6.92 Å². The third-order valence-corrected chi connectivity index (χ3v) is 5.51. The third kappa shape index (κ3) is 2.81. The molecule has 0 fully saturated rings. The van der Waals surface area contributed by atoms with Crippen LogP contribution in [-0.4, -0.2) is 23.4 Å². The van der Waals surface area contributed by atoms with Crippen LogP contribution in [0.5, 0.6) is 17.2 Å². The van der Waals surface area contributed by atoms with Gasteiger partial charge in [-0.1, -0.05) is 18.2 Å². The molecular weight excluding hydrogens is 338 g/mol. The maximum absolute atomic E-state index is 11.1. The van der Waals surface area contributed by atoms with Crippen LogP contribution in [0.1, 0.15) is 36.6 Å². The Hall–Kier alpha value is -2.72. The second kappa shape index (κ2) is 6.46. The van der Waals surface area contributed by atoms with Crippen LogP contribution in [-0.2, 0) is 6.42 Å². The highest BCUT2D eigenvalue weighted by Gasteiger charge is 2.26. The number of aryl methyl sites for hydroxylation is 1. The molecule has 1 aliphatic rings. The SMILES string of the molecule is COc1cc(C)cc2c(-c3ccc4c(c3O)C(C)NC(C)C4)ccc(O)c12. The summed E-state index contributed by atoms with van der Waals surface area (Å²) in [5.74, 6) is 1.12. The Bertz CT molecular complexity index is 1040. The van der Waals surface area contributed by atoms with Crippen molar-refractivity contribution in [3.63, 3.8) is 0 Å². The lowest BCUT2D eigenvalue weighted by molar-refractivity contribution is 0.410. The molecule has 0 amide bonds. The first-order chi connectivity index (χ1) is 12.9. The number of benzene rings is 3. The molecule has 3 aromatic rings. The number of aromatic hydroxyl groups is 2. The monoisotopic (exact) mass is 363 g/mol. The fourth-order valence-electron chi connectivity index (χ4n) is 4.39. The molecule has 4 heteroatoms. The highest BCUT2D eigenvalue weighted by Crippen LogP contribution is 2.45. The molecule has 1 heterocycles. The van der Waals surface area contributed by atoms with E-state index in [9.17, 15) is 10.2 Å². The molecule has 4 rings (SSSR count). The number of phenolic OH excluding ortho intramolecular Hbond substituents is 2. The van der Waals surface area contributed by atoms with Gasteiger partial charge in [-0.3, -0.25) is 0 Å². The van der Waals surface area contributed by atoms with Crippen LogP contribution < -0.4 is 10.1 Å². The van der Waals surface area contributed by atoms with E-state index in [1.54, 1.807) is 13.2 Å². The van der Waals surface area contributed by atoms with E-state index in [0.717, 1.165) is 34.1 Å². The number of hydrogen-bond acceptors (Lipinski definition) is 4. The van der Waals surface area contributed by atoms with Crippen molar-refractivity contribution in [1.82, 2.24) is 5.32 Å². The minimum Gasteiger partial charge on any atom is -0.507 e. The van der Waals surface area contributed by atoms with E-state index in [0.29, 0.717) is 22.9 Å². The van der Waals surface area contributed by atoms with Crippen molar-refractivity contribution in [3.8, 4) is 28.4 Å². The molecule has 3 N–H and O–H groups in total. The van der Waals surface area contributed by atoms with Crippen LogP contribution in [0.25, 0.3) is 21.9 Å². The zero-order valence-electron chi connectivity index (χ0n) is 16.1. The van der Waals surface area contributed by atoms with Gasteiger partial charge in [0.15, 0.2) is 0 Å². The molecule has 140 valence electrons. The normalized spacial score (nSPS) is 19.1. The lowest BCUT2D eigenvalue weighted by Crippen LogP contribution is -2.36. The Morgan fingerprint density at radius 2 is 1.78 bits per heavy atom. The molecule has 1 aliphatic heterocycles. The lowest BCUT2D eigenvalue weighted by Gasteiger charge is -2.30. The largest absolute Gasteiger partial charge is 0.507 e. The Morgan fingerprint density at radius 3 is 2.52 bits per heavy atom. The summed E-state index contributed by atoms with van der Waals surface area (Å²) in [6.45, 7) is 6.24. The van der Waals surface area contributed by atoms with Gasteiger partial charge < -0.3 is 20.3 Å². The first-order valence-electron chi connectivity index (χ1n) is 9.32. The minimum atomic E-state index is 0.0864. The van der Waals surface area contributed by atoms with Crippen molar-refractivity contribution in [3.05, 3.63) is 53.1 Å². The second-order valence-electron chi connectivity index (χ2n) is 7.55. The Labute approximate surface area is 159 Å². The van der Waals surface area contributed by atoms with Crippen LogP contribution in [0.4, 0.5) is 0 Å². The van der Waals surface area contributed by atoms with E-state index >= 15 is 0 Å². The third-order valence-electron chi connectivity index (χ3n) is 5.51. The standard InChI is InChI=1S/C23H25NO3/c1-12-9-18-16(7-8-19(25)22(18)20(10-12)27-4)17-6-5-15-11-13(2)24-14(3)21(15)23(17)26/h5-10,13-14,24-26H,11H2,1-4H3. The number of ether oxygens (including phenoxy) is 1. The summed E-state index contributed by atoms with van der Waals surface area (Å²) in [5, 5.41) is 26.6. The highest BCUT2D eigenvalue weighted by atomic mass is 16.5. The quantitative estimate of drug-likeness (QED) is 0.610. The number of fused-ring (bicyclic) bond motifs is 2. The predicted molar refractivity (Wildman–Crippen MR) is 109 cm³/mol. The van der Waals surface area contributed by atoms with Gasteiger partial charge in [-0.05, 0) is 67.5 Å². The Morgan fingerprint density at radius 1 is 1.04 bits per heavy atom. The number of methoxy groups -OCH3 is 1. The van der Waals surface area contributed by atoms with Crippen molar-refractivity contribution >= 4 is 10.8 Å². The zero-order valence-corrected chi connectivity index (χ0v) is 16.1. The number of nitrogens with one attached hydrogen (secondary N) is 1. The molecule has 0 aromatic heterocycles. The molecule has 0 saturated heterocycles. The maximum atomic E-state index is 11.1. The van der Waals surface area contributed by atoms with Crippen molar-refractivity contribution in [2.75, 3.05) is 7.11 Å². The van der Waals surface area contributed by atoms with E-state index in [2.05, 4.69) is 25.2 Å². The van der Waals surface area contributed by atoms with Crippen molar-refractivity contribution in [2.24, 2.45) is 0 Å². The number of rotatable bonds is 2. The summed E-state index contributed by atoms with van der Waals surface area (Å²) < 4.78 is 5.50. The van der Waals surface area contributed by atoms with Crippen molar-refractivity contribution in [1.29, 1.82) is 0 Å². The van der Waals surface area contributed by atoms with E-state index < -0.39 is 0 Å². The molecular formula is C23H25NO3. The maximum Gasteiger partial charge on any atom is 0.130 e. The molecule has 0 aliphatic carbocycles.